The van der Waals surface area contributed by atoms with Gasteiger partial charge < -0.3 is 45.5 Å². The number of carbonyl (C=O) groups is 7. The lowest BCUT2D eigenvalue weighted by molar-refractivity contribution is -0.157. The van der Waals surface area contributed by atoms with Gasteiger partial charge in [-0.15, -0.1) is 0 Å². The van der Waals surface area contributed by atoms with Crippen LogP contribution in [0.2, 0.25) is 5.02 Å². The molecule has 2 aliphatic heterocycles. The first-order valence-corrected chi connectivity index (χ1v) is 27.4. The number of rotatable bonds is 16. The Morgan fingerprint density at radius 1 is 0.823 bits per heavy atom. The van der Waals surface area contributed by atoms with E-state index in [1.807, 2.05) is 107 Å². The Balaban J connectivity index is 0.972. The minimum atomic E-state index is -1.20. The molecule has 422 valence electrons. The van der Waals surface area contributed by atoms with E-state index in [-0.39, 0.29) is 55.8 Å². The molecule has 18 heteroatoms. The van der Waals surface area contributed by atoms with Crippen molar-refractivity contribution in [2.75, 3.05) is 14.2 Å². The third-order valence-corrected chi connectivity index (χ3v) is 15.6. The number of fused-ring (bicyclic) bond motifs is 3. The third kappa shape index (κ3) is 14.3. The highest BCUT2D eigenvalue weighted by molar-refractivity contribution is 6.32. The summed E-state index contributed by atoms with van der Waals surface area (Å²) in [5, 5.41) is 14.7. The van der Waals surface area contributed by atoms with Crippen molar-refractivity contribution in [3.8, 4) is 16.9 Å². The first kappa shape index (κ1) is 59.4. The van der Waals surface area contributed by atoms with E-state index in [0.717, 1.165) is 33.4 Å². The van der Waals surface area contributed by atoms with Crippen molar-refractivity contribution in [2.24, 2.45) is 23.2 Å². The van der Waals surface area contributed by atoms with Crippen LogP contribution in [0, 0.1) is 23.2 Å². The third-order valence-electron chi connectivity index (χ3n) is 15.3. The molecule has 0 spiro atoms. The molecule has 6 unspecified atom stereocenters. The summed E-state index contributed by atoms with van der Waals surface area (Å²) in [5.41, 5.74) is 4.83. The number of nitrogens with zero attached hydrogens (tertiary/aromatic N) is 1. The van der Waals surface area contributed by atoms with Gasteiger partial charge in [0.25, 0.3) is 0 Å². The molecule has 6 amide bonds. The number of hydrogen-bond acceptors (Lipinski definition) is 11. The number of likely N-dealkylation sites (N-methyl/N-ethyl adjacent to an activating group) is 1. The second-order valence-electron chi connectivity index (χ2n) is 22.3. The summed E-state index contributed by atoms with van der Waals surface area (Å²) in [5.74, 6) is -3.31. The van der Waals surface area contributed by atoms with Crippen molar-refractivity contribution >= 4 is 53.2 Å². The molecule has 1 fully saturated rings. The second-order valence-corrected chi connectivity index (χ2v) is 22.7. The van der Waals surface area contributed by atoms with Crippen LogP contribution in [0.4, 0.5) is 4.79 Å². The number of nitrogens with one attached hydrogen (secondary N) is 5. The average molecular weight is 1100 g/mol. The Kier molecular flexibility index (Phi) is 19.3. The van der Waals surface area contributed by atoms with E-state index in [2.05, 4.69) is 26.6 Å². The lowest BCUT2D eigenvalue weighted by Crippen LogP contribution is -2.58. The Morgan fingerprint density at radius 2 is 1.46 bits per heavy atom. The van der Waals surface area contributed by atoms with Gasteiger partial charge in [-0.25, -0.2) is 9.59 Å². The van der Waals surface area contributed by atoms with Gasteiger partial charge in [0.2, 0.25) is 29.5 Å². The smallest absolute Gasteiger partial charge is 0.411 e. The monoisotopic (exact) mass is 1100 g/mol. The van der Waals surface area contributed by atoms with Crippen LogP contribution in [-0.4, -0.2) is 103 Å². The van der Waals surface area contributed by atoms with Gasteiger partial charge in [0.15, 0.2) is 6.10 Å². The van der Waals surface area contributed by atoms with Gasteiger partial charge in [-0.05, 0) is 92.0 Å². The highest BCUT2D eigenvalue weighted by atomic mass is 35.5. The molecule has 79 heavy (non-hydrogen) atoms. The van der Waals surface area contributed by atoms with Crippen LogP contribution in [0.1, 0.15) is 115 Å². The predicted molar refractivity (Wildman–Crippen MR) is 299 cm³/mol. The number of esters is 1. The number of amides is 6. The molecule has 0 saturated carbocycles. The molecule has 3 aliphatic rings. The van der Waals surface area contributed by atoms with E-state index in [1.165, 1.54) is 25.1 Å². The number of ether oxygens (including phenoxy) is 4. The van der Waals surface area contributed by atoms with E-state index < -0.39 is 89.4 Å². The van der Waals surface area contributed by atoms with E-state index in [1.54, 1.807) is 52.0 Å². The van der Waals surface area contributed by atoms with Crippen molar-refractivity contribution in [2.45, 2.75) is 143 Å². The largest absolute Gasteiger partial charge is 0.495 e. The fourth-order valence-electron chi connectivity index (χ4n) is 10.1. The SMILES string of the molecule is COc1ccc(C[C@H]2NC(=O)/C=C/C[C@@H](C(C)C3OC3c3ccc(CNC(=O)C(C)NC(=O)C(C(C)C)N(C)C(=O)OC4c5ccccc5-c5ccccc54)cc3)OC(=O)[C@H](CC(C)C)NC(=O)C(C)(C)C(C)NC2=O)cc1Cl. The summed E-state index contributed by atoms with van der Waals surface area (Å²) in [7, 11) is 3.02. The van der Waals surface area contributed by atoms with Gasteiger partial charge in [0, 0.05) is 49.5 Å². The van der Waals surface area contributed by atoms with Crippen LogP contribution >= 0.6 is 11.6 Å². The lowest BCUT2D eigenvalue weighted by Gasteiger charge is -2.34. The first-order valence-electron chi connectivity index (χ1n) is 27.0. The van der Waals surface area contributed by atoms with Crippen LogP contribution in [0.25, 0.3) is 11.1 Å². The molecule has 0 bridgehead atoms. The van der Waals surface area contributed by atoms with Gasteiger partial charge in [-0.2, -0.15) is 0 Å². The van der Waals surface area contributed by atoms with Crippen LogP contribution in [-0.2, 0) is 55.9 Å². The van der Waals surface area contributed by atoms with Gasteiger partial charge in [0.1, 0.15) is 42.1 Å². The molecule has 5 N–H and O–H groups in total. The number of carbonyl (C=O) groups excluding carboxylic acids is 7. The molecule has 9 atom stereocenters. The zero-order valence-electron chi connectivity index (χ0n) is 46.9. The maximum atomic E-state index is 14.1. The van der Waals surface area contributed by atoms with Gasteiger partial charge in [0.05, 0.1) is 23.7 Å². The van der Waals surface area contributed by atoms with Gasteiger partial charge in [-0.1, -0.05) is 131 Å². The quantitative estimate of drug-likeness (QED) is 0.0533. The van der Waals surface area contributed by atoms with E-state index in [0.29, 0.717) is 16.3 Å². The van der Waals surface area contributed by atoms with E-state index >= 15 is 0 Å². The number of cyclic esters (lactones) is 1. The van der Waals surface area contributed by atoms with Gasteiger partial charge >= 0.3 is 12.1 Å². The molecule has 0 radical (unpaired) electrons. The first-order chi connectivity index (χ1) is 37.5. The molecule has 2 heterocycles. The number of hydrogen-bond donors (Lipinski definition) is 5. The maximum absolute atomic E-state index is 14.1. The summed E-state index contributed by atoms with van der Waals surface area (Å²) in [6, 6.07) is 23.5. The summed E-state index contributed by atoms with van der Waals surface area (Å²) >= 11 is 6.42. The standard InChI is InChI=1S/C61H75ClN6O11/c1-33(2)29-47-58(73)77-48(21-16-22-50(69)66-46(31-39-25-28-49(76-11)45(62)30-39)56(71)65-37(7)61(8,9)59(74)67-47)35(5)52-53(78-52)40-26-23-38(24-27-40)32-63-55(70)36(6)64-57(72)51(34(3)4)68(10)60(75)79-54-43-19-14-12-17-41(43)42-18-13-15-20-44(42)54/h12-20,22-28,30,33-37,46-48,51-54H,21,29,31-32H2,1-11H3,(H,63,70)(H,64,72)(H,65,71)(H,66,69)(H,67,74)/b22-16+/t35?,36?,37?,46-,47+,48+,51?,52?,53?/m1/s1. The summed E-state index contributed by atoms with van der Waals surface area (Å²) in [6.07, 6.45) is 0.586. The van der Waals surface area contributed by atoms with Crippen molar-refractivity contribution in [3.05, 3.63) is 136 Å². The zero-order valence-corrected chi connectivity index (χ0v) is 47.6. The Bertz CT molecular complexity index is 2880. The number of halogens is 1. The topological polar surface area (TPSA) is 223 Å². The summed E-state index contributed by atoms with van der Waals surface area (Å²) in [4.78, 5) is 97.7. The van der Waals surface area contributed by atoms with Gasteiger partial charge in [-0.3, -0.25) is 28.9 Å². The highest BCUT2D eigenvalue weighted by Gasteiger charge is 2.48. The van der Waals surface area contributed by atoms with E-state index in [4.69, 9.17) is 30.5 Å². The van der Waals surface area contributed by atoms with E-state index in [9.17, 15) is 33.6 Å². The van der Waals surface area contributed by atoms with Crippen molar-refractivity contribution in [3.63, 3.8) is 0 Å². The fraction of sp³-hybridized carbons (Fsp3) is 0.459. The Hall–Kier alpha value is -7.24. The summed E-state index contributed by atoms with van der Waals surface area (Å²) in [6.45, 7) is 16.2. The normalized spacial score (nSPS) is 22.9. The minimum Gasteiger partial charge on any atom is -0.495 e. The second kappa shape index (κ2) is 25.7. The minimum absolute atomic E-state index is 0.00208. The van der Waals surface area contributed by atoms with Crippen LogP contribution in [0.3, 0.4) is 0 Å². The zero-order chi connectivity index (χ0) is 57.5. The maximum Gasteiger partial charge on any atom is 0.411 e. The number of methoxy groups -OCH3 is 1. The van der Waals surface area contributed by atoms with Crippen LogP contribution < -0.4 is 31.3 Å². The molecule has 1 aliphatic carbocycles. The van der Waals surface area contributed by atoms with Crippen LogP contribution in [0.5, 0.6) is 5.75 Å². The Morgan fingerprint density at radius 3 is 2.06 bits per heavy atom. The van der Waals surface area contributed by atoms with Crippen molar-refractivity contribution in [1.82, 2.24) is 31.5 Å². The fourth-order valence-corrected chi connectivity index (χ4v) is 10.4. The molecule has 1 saturated heterocycles. The molecular weight excluding hydrogens is 1030 g/mol. The molecule has 4 aromatic rings. The molecule has 0 aromatic heterocycles. The molecule has 7 rings (SSSR count). The van der Waals surface area contributed by atoms with Crippen LogP contribution in [0.15, 0.2) is 103 Å². The Labute approximate surface area is 468 Å². The van der Waals surface area contributed by atoms with Crippen molar-refractivity contribution in [1.29, 1.82) is 0 Å². The molecular formula is C61H75ClN6O11. The predicted octanol–water partition coefficient (Wildman–Crippen LogP) is 8.07. The number of epoxide rings is 1. The number of benzene rings is 4. The highest BCUT2D eigenvalue weighted by Crippen LogP contribution is 2.46. The average Bonchev–Trinajstić information content (AvgIpc) is 4.23. The summed E-state index contributed by atoms with van der Waals surface area (Å²) < 4.78 is 23.8. The lowest BCUT2D eigenvalue weighted by atomic mass is 9.83. The molecule has 17 nitrogen and oxygen atoms in total. The molecule has 4 aromatic carbocycles. The van der Waals surface area contributed by atoms with Crippen molar-refractivity contribution < 1.29 is 52.5 Å².